The fourth-order valence-electron chi connectivity index (χ4n) is 5.22. The van der Waals surface area contributed by atoms with Crippen molar-refractivity contribution in [3.63, 3.8) is 0 Å². The summed E-state index contributed by atoms with van der Waals surface area (Å²) in [6.07, 6.45) is 2.90. The number of esters is 1. The first kappa shape index (κ1) is 11.0. The average Bonchev–Trinajstić information content (AvgIpc) is 3.00. The number of hydrogen-bond donors (Lipinski definition) is 1. The van der Waals surface area contributed by atoms with Crippen LogP contribution in [0.3, 0.4) is 0 Å². The predicted molar refractivity (Wildman–Crippen MR) is 65.6 cm³/mol. The summed E-state index contributed by atoms with van der Waals surface area (Å²) in [6, 6.07) is 0. The number of fused-ring (bicyclic) bond motifs is 4. The Kier molecular flexibility index (Phi) is 1.74. The van der Waals surface area contributed by atoms with Crippen LogP contribution in [0.25, 0.3) is 0 Å². The fraction of sp³-hybridized carbons (Fsp3) is 0.800. The van der Waals surface area contributed by atoms with E-state index in [1.165, 1.54) is 0 Å². The van der Waals surface area contributed by atoms with E-state index in [9.17, 15) is 9.90 Å². The SMILES string of the molecule is CC1=C2C[C@@H]3[C@@](C)(O)[C@H]4C[C@H]4[C@]3(C)C[C@@H]2OC1=O. The fourth-order valence-corrected chi connectivity index (χ4v) is 5.22. The molecule has 3 aliphatic carbocycles. The molecule has 18 heavy (non-hydrogen) atoms. The third-order valence-electron chi connectivity index (χ3n) is 6.36. The molecule has 3 nitrogen and oxygen atoms in total. The molecule has 0 spiro atoms. The summed E-state index contributed by atoms with van der Waals surface area (Å²) in [4.78, 5) is 11.7. The smallest absolute Gasteiger partial charge is 0.334 e. The zero-order valence-electron chi connectivity index (χ0n) is 11.2. The lowest BCUT2D eigenvalue weighted by molar-refractivity contribution is -0.143. The Bertz CT molecular complexity index is 490. The largest absolute Gasteiger partial charge is 0.454 e. The van der Waals surface area contributed by atoms with Crippen LogP contribution in [-0.2, 0) is 9.53 Å². The monoisotopic (exact) mass is 248 g/mol. The zero-order valence-corrected chi connectivity index (χ0v) is 11.2. The summed E-state index contributed by atoms with van der Waals surface area (Å²) in [5.41, 5.74) is 1.55. The van der Waals surface area contributed by atoms with Gasteiger partial charge in [-0.15, -0.1) is 0 Å². The number of aliphatic hydroxyl groups is 1. The van der Waals surface area contributed by atoms with Crippen LogP contribution < -0.4 is 0 Å². The highest BCUT2D eigenvalue weighted by Crippen LogP contribution is 2.73. The Morgan fingerprint density at radius 1 is 1.33 bits per heavy atom. The quantitative estimate of drug-likeness (QED) is 0.667. The van der Waals surface area contributed by atoms with E-state index in [-0.39, 0.29) is 17.5 Å². The molecule has 0 aromatic heterocycles. The first-order chi connectivity index (χ1) is 8.35. The van der Waals surface area contributed by atoms with Crippen LogP contribution in [-0.4, -0.2) is 22.8 Å². The molecule has 3 fully saturated rings. The third-order valence-corrected chi connectivity index (χ3v) is 6.36. The van der Waals surface area contributed by atoms with Gasteiger partial charge in [0.1, 0.15) is 6.10 Å². The first-order valence-corrected chi connectivity index (χ1v) is 6.98. The van der Waals surface area contributed by atoms with Crippen molar-refractivity contribution in [3.8, 4) is 0 Å². The van der Waals surface area contributed by atoms with Gasteiger partial charge in [-0.1, -0.05) is 6.92 Å². The maximum Gasteiger partial charge on any atom is 0.334 e. The molecule has 4 aliphatic rings. The lowest BCUT2D eigenvalue weighted by Crippen LogP contribution is -2.46. The summed E-state index contributed by atoms with van der Waals surface area (Å²) in [6.45, 7) is 6.16. The van der Waals surface area contributed by atoms with E-state index in [0.29, 0.717) is 17.8 Å². The second-order valence-electron chi connectivity index (χ2n) is 7.19. The van der Waals surface area contributed by atoms with E-state index in [0.717, 1.165) is 30.4 Å². The van der Waals surface area contributed by atoms with Gasteiger partial charge in [0.25, 0.3) is 0 Å². The van der Waals surface area contributed by atoms with E-state index in [1.54, 1.807) is 0 Å². The highest BCUT2D eigenvalue weighted by atomic mass is 16.5. The highest BCUT2D eigenvalue weighted by molar-refractivity contribution is 5.91. The number of carbonyl (C=O) groups is 1. The standard InChI is InChI=1S/C15H20O3/c1-7-8-4-12-14(2,6-11(8)18-13(7)16)9-5-10(9)15(12,3)17/h9-12,17H,4-6H2,1-3H3/t9-,10+,11+,12+,14+,15+/m1/s1. The molecule has 4 rings (SSSR count). The number of hydrogen-bond acceptors (Lipinski definition) is 3. The van der Waals surface area contributed by atoms with E-state index in [2.05, 4.69) is 6.92 Å². The summed E-state index contributed by atoms with van der Waals surface area (Å²) < 4.78 is 5.49. The molecular formula is C15H20O3. The van der Waals surface area contributed by atoms with Crippen molar-refractivity contribution in [2.75, 3.05) is 0 Å². The maximum atomic E-state index is 11.7. The van der Waals surface area contributed by atoms with Gasteiger partial charge in [0.05, 0.1) is 5.60 Å². The minimum atomic E-state index is -0.552. The van der Waals surface area contributed by atoms with Gasteiger partial charge >= 0.3 is 5.97 Å². The minimum Gasteiger partial charge on any atom is -0.454 e. The van der Waals surface area contributed by atoms with Gasteiger partial charge in [-0.25, -0.2) is 4.79 Å². The lowest BCUT2D eigenvalue weighted by Gasteiger charge is -2.46. The molecule has 3 saturated carbocycles. The van der Waals surface area contributed by atoms with Crippen molar-refractivity contribution in [1.29, 1.82) is 0 Å². The van der Waals surface area contributed by atoms with Crippen LogP contribution in [0.15, 0.2) is 11.1 Å². The molecule has 0 bridgehead atoms. The van der Waals surface area contributed by atoms with Gasteiger partial charge in [0.2, 0.25) is 0 Å². The Hall–Kier alpha value is -0.830. The van der Waals surface area contributed by atoms with Crippen LogP contribution in [0.4, 0.5) is 0 Å². The summed E-state index contributed by atoms with van der Waals surface area (Å²) in [7, 11) is 0. The maximum absolute atomic E-state index is 11.7. The molecule has 6 atom stereocenters. The summed E-state index contributed by atoms with van der Waals surface area (Å²) in [5.74, 6) is 1.26. The molecule has 0 unspecified atom stereocenters. The van der Waals surface area contributed by atoms with Gasteiger partial charge in [-0.2, -0.15) is 0 Å². The van der Waals surface area contributed by atoms with Crippen molar-refractivity contribution < 1.29 is 14.6 Å². The van der Waals surface area contributed by atoms with Crippen molar-refractivity contribution in [1.82, 2.24) is 0 Å². The molecule has 0 radical (unpaired) electrons. The van der Waals surface area contributed by atoms with Crippen molar-refractivity contribution >= 4 is 5.97 Å². The molecule has 0 aromatic carbocycles. The molecule has 0 amide bonds. The van der Waals surface area contributed by atoms with Crippen LogP contribution in [0.1, 0.15) is 40.0 Å². The van der Waals surface area contributed by atoms with Gasteiger partial charge in [-0.3, -0.25) is 0 Å². The van der Waals surface area contributed by atoms with Gasteiger partial charge in [-0.05, 0) is 61.9 Å². The minimum absolute atomic E-state index is 0.00565. The molecule has 98 valence electrons. The number of carbonyl (C=O) groups excluding carboxylic acids is 1. The second kappa shape index (κ2) is 2.84. The normalized spacial score (nSPS) is 57.0. The molecule has 3 heteroatoms. The van der Waals surface area contributed by atoms with Gasteiger partial charge in [0, 0.05) is 5.57 Å². The Morgan fingerprint density at radius 3 is 2.78 bits per heavy atom. The van der Waals surface area contributed by atoms with Crippen LogP contribution in [0, 0.1) is 23.2 Å². The van der Waals surface area contributed by atoms with E-state index in [1.807, 2.05) is 13.8 Å². The van der Waals surface area contributed by atoms with E-state index >= 15 is 0 Å². The Balaban J connectivity index is 1.77. The van der Waals surface area contributed by atoms with Crippen LogP contribution in [0.5, 0.6) is 0 Å². The Labute approximate surface area is 107 Å². The molecule has 1 aliphatic heterocycles. The van der Waals surface area contributed by atoms with Gasteiger partial charge < -0.3 is 9.84 Å². The van der Waals surface area contributed by atoms with Crippen LogP contribution in [0.2, 0.25) is 0 Å². The second-order valence-corrected chi connectivity index (χ2v) is 7.19. The third kappa shape index (κ3) is 1.04. The first-order valence-electron chi connectivity index (χ1n) is 6.98. The lowest BCUT2D eigenvalue weighted by atomic mass is 9.61. The predicted octanol–water partition coefficient (Wildman–Crippen LogP) is 2.05. The van der Waals surface area contributed by atoms with Crippen molar-refractivity contribution in [2.24, 2.45) is 23.2 Å². The summed E-state index contributed by atoms with van der Waals surface area (Å²) in [5, 5.41) is 10.8. The molecular weight excluding hydrogens is 228 g/mol. The molecule has 1 heterocycles. The molecule has 0 saturated heterocycles. The zero-order chi connectivity index (χ0) is 12.9. The van der Waals surface area contributed by atoms with Crippen molar-refractivity contribution in [3.05, 3.63) is 11.1 Å². The van der Waals surface area contributed by atoms with Gasteiger partial charge in [0.15, 0.2) is 0 Å². The number of rotatable bonds is 0. The van der Waals surface area contributed by atoms with Crippen molar-refractivity contribution in [2.45, 2.75) is 51.7 Å². The summed E-state index contributed by atoms with van der Waals surface area (Å²) >= 11 is 0. The molecule has 1 N–H and O–H groups in total. The molecule has 0 aromatic rings. The number of ether oxygens (including phenoxy) is 1. The highest BCUT2D eigenvalue weighted by Gasteiger charge is 2.72. The Morgan fingerprint density at radius 2 is 2.06 bits per heavy atom. The van der Waals surface area contributed by atoms with E-state index < -0.39 is 5.60 Å². The average molecular weight is 248 g/mol. The topological polar surface area (TPSA) is 46.5 Å². The van der Waals surface area contributed by atoms with E-state index in [4.69, 9.17) is 4.74 Å². The van der Waals surface area contributed by atoms with Crippen LogP contribution >= 0.6 is 0 Å².